The number of hydrogen-bond acceptors (Lipinski definition) is 5. The summed E-state index contributed by atoms with van der Waals surface area (Å²) in [5.74, 6) is -0.154. The normalized spacial score (nSPS) is 12.1. The molecule has 0 aliphatic heterocycles. The van der Waals surface area contributed by atoms with Gasteiger partial charge in [-0.2, -0.15) is 13.2 Å². The molecule has 3 aromatic heterocycles. The number of fused-ring (bicyclic) bond motifs is 3. The second-order valence-corrected chi connectivity index (χ2v) is 8.65. The number of nitrogens with one attached hydrogen (secondary N) is 1. The highest BCUT2D eigenvalue weighted by atomic mass is 35.5. The lowest BCUT2D eigenvalue weighted by Crippen LogP contribution is -2.24. The van der Waals surface area contributed by atoms with Gasteiger partial charge in [0.15, 0.2) is 5.15 Å². The molecule has 1 N–H and O–H groups in total. The van der Waals surface area contributed by atoms with Crippen LogP contribution in [0.15, 0.2) is 36.5 Å². The van der Waals surface area contributed by atoms with Crippen molar-refractivity contribution in [1.82, 2.24) is 29.7 Å². The Kier molecular flexibility index (Phi) is 6.46. The van der Waals surface area contributed by atoms with Gasteiger partial charge in [0.25, 0.3) is 5.91 Å². The number of carbonyl (C=O) groups is 1. The quantitative estimate of drug-likeness (QED) is 0.403. The number of carbonyl (C=O) groups excluding carboxylic acids is 1. The molecule has 1 aromatic carbocycles. The third-order valence-corrected chi connectivity index (χ3v) is 5.43. The standard InChI is InChI=1S/C23H22ClF3N6O/c1-13-8-15(6-7-28-13)22(34)29-10-18-30-19-16-9-14(11-32(2)3)4-5-17(16)33(12-23(25,26)27)20(19)21(24)31-18/h4-9H,10-12H2,1-3H3,(H,29,34). The van der Waals surface area contributed by atoms with Crippen molar-refractivity contribution >= 4 is 39.4 Å². The van der Waals surface area contributed by atoms with Crippen molar-refractivity contribution in [1.29, 1.82) is 0 Å². The maximum absolute atomic E-state index is 13.4. The summed E-state index contributed by atoms with van der Waals surface area (Å²) in [6.45, 7) is 1.11. The fourth-order valence-corrected chi connectivity index (χ4v) is 4.15. The highest BCUT2D eigenvalue weighted by Crippen LogP contribution is 2.34. The van der Waals surface area contributed by atoms with E-state index in [0.717, 1.165) is 10.1 Å². The second kappa shape index (κ2) is 9.19. The third kappa shape index (κ3) is 5.13. The van der Waals surface area contributed by atoms with Gasteiger partial charge in [0.05, 0.1) is 12.1 Å². The summed E-state index contributed by atoms with van der Waals surface area (Å²) in [7, 11) is 3.81. The highest BCUT2D eigenvalue weighted by molar-refractivity contribution is 6.34. The molecule has 0 spiro atoms. The minimum absolute atomic E-state index is 0.0425. The van der Waals surface area contributed by atoms with Crippen LogP contribution in [0, 0.1) is 6.92 Å². The molecular formula is C23H22ClF3N6O. The van der Waals surface area contributed by atoms with E-state index in [2.05, 4.69) is 20.3 Å². The van der Waals surface area contributed by atoms with Crippen LogP contribution < -0.4 is 5.32 Å². The Morgan fingerprint density at radius 3 is 2.62 bits per heavy atom. The number of pyridine rings is 1. The van der Waals surface area contributed by atoms with Crippen LogP contribution >= 0.6 is 11.6 Å². The number of rotatable bonds is 6. The zero-order valence-corrected chi connectivity index (χ0v) is 19.5. The minimum atomic E-state index is -4.46. The molecular weight excluding hydrogens is 469 g/mol. The summed E-state index contributed by atoms with van der Waals surface area (Å²) in [6.07, 6.45) is -2.93. The number of aryl methyl sites for hydroxylation is 1. The monoisotopic (exact) mass is 490 g/mol. The smallest absolute Gasteiger partial charge is 0.345 e. The molecule has 0 aliphatic carbocycles. The topological polar surface area (TPSA) is 75.9 Å². The van der Waals surface area contributed by atoms with Gasteiger partial charge in [-0.1, -0.05) is 17.7 Å². The fraction of sp³-hybridized carbons (Fsp3) is 0.304. The maximum atomic E-state index is 13.4. The molecule has 0 radical (unpaired) electrons. The number of halogens is 4. The average molecular weight is 491 g/mol. The van der Waals surface area contributed by atoms with Crippen LogP contribution in [0.25, 0.3) is 21.9 Å². The lowest BCUT2D eigenvalue weighted by molar-refractivity contribution is -0.139. The summed E-state index contributed by atoms with van der Waals surface area (Å²) < 4.78 is 41.2. The molecule has 0 bridgehead atoms. The number of alkyl halides is 3. The lowest BCUT2D eigenvalue weighted by atomic mass is 10.1. The molecule has 0 saturated heterocycles. The Morgan fingerprint density at radius 2 is 1.94 bits per heavy atom. The number of nitrogens with zero attached hydrogens (tertiary/aromatic N) is 5. The second-order valence-electron chi connectivity index (χ2n) is 8.29. The summed E-state index contributed by atoms with van der Waals surface area (Å²) >= 11 is 6.38. The molecule has 0 unspecified atom stereocenters. The van der Waals surface area contributed by atoms with Crippen molar-refractivity contribution < 1.29 is 18.0 Å². The van der Waals surface area contributed by atoms with Crippen LogP contribution in [-0.4, -0.2) is 50.6 Å². The third-order valence-electron chi connectivity index (χ3n) is 5.17. The van der Waals surface area contributed by atoms with Gasteiger partial charge in [-0.3, -0.25) is 9.78 Å². The first kappa shape index (κ1) is 23.9. The zero-order valence-electron chi connectivity index (χ0n) is 18.7. The van der Waals surface area contributed by atoms with Crippen LogP contribution in [0.2, 0.25) is 5.15 Å². The van der Waals surface area contributed by atoms with E-state index >= 15 is 0 Å². The molecule has 4 rings (SSSR count). The van der Waals surface area contributed by atoms with E-state index in [1.54, 1.807) is 31.2 Å². The fourth-order valence-electron chi connectivity index (χ4n) is 3.86. The Bertz CT molecular complexity index is 1380. The van der Waals surface area contributed by atoms with E-state index in [0.29, 0.717) is 34.2 Å². The first-order valence-corrected chi connectivity index (χ1v) is 10.8. The van der Waals surface area contributed by atoms with Gasteiger partial charge in [0.2, 0.25) is 0 Å². The molecule has 178 valence electrons. The summed E-state index contributed by atoms with van der Waals surface area (Å²) in [4.78, 5) is 27.2. The number of aromatic nitrogens is 4. The van der Waals surface area contributed by atoms with Gasteiger partial charge < -0.3 is 14.8 Å². The van der Waals surface area contributed by atoms with Crippen molar-refractivity contribution in [3.8, 4) is 0 Å². The first-order chi connectivity index (χ1) is 16.0. The minimum Gasteiger partial charge on any atom is -0.345 e. The Hall–Kier alpha value is -3.24. The summed E-state index contributed by atoms with van der Waals surface area (Å²) in [5, 5.41) is 3.16. The van der Waals surface area contributed by atoms with Crippen LogP contribution in [0.1, 0.15) is 27.4 Å². The molecule has 3 heterocycles. The van der Waals surface area contributed by atoms with Crippen molar-refractivity contribution in [2.45, 2.75) is 32.7 Å². The number of hydrogen-bond donors (Lipinski definition) is 1. The van der Waals surface area contributed by atoms with Crippen molar-refractivity contribution in [3.63, 3.8) is 0 Å². The average Bonchev–Trinajstić information content (AvgIpc) is 3.03. The largest absolute Gasteiger partial charge is 0.406 e. The first-order valence-electron chi connectivity index (χ1n) is 10.4. The molecule has 0 atom stereocenters. The SMILES string of the molecule is Cc1cc(C(=O)NCc2nc(Cl)c3c(n2)c2cc(CN(C)C)ccc2n3CC(F)(F)F)ccn1. The van der Waals surface area contributed by atoms with Gasteiger partial charge in [-0.05, 0) is 50.8 Å². The van der Waals surface area contributed by atoms with E-state index in [4.69, 9.17) is 11.6 Å². The Labute approximate surface area is 198 Å². The van der Waals surface area contributed by atoms with Crippen molar-refractivity contribution in [3.05, 3.63) is 64.3 Å². The van der Waals surface area contributed by atoms with Gasteiger partial charge in [-0.25, -0.2) is 9.97 Å². The van der Waals surface area contributed by atoms with Crippen LogP contribution in [0.5, 0.6) is 0 Å². The maximum Gasteiger partial charge on any atom is 0.406 e. The predicted molar refractivity (Wildman–Crippen MR) is 124 cm³/mol. The van der Waals surface area contributed by atoms with Gasteiger partial charge in [-0.15, -0.1) is 0 Å². The van der Waals surface area contributed by atoms with Crippen LogP contribution in [-0.2, 0) is 19.6 Å². The lowest BCUT2D eigenvalue weighted by Gasteiger charge is -2.12. The van der Waals surface area contributed by atoms with Gasteiger partial charge >= 0.3 is 6.18 Å². The Morgan fingerprint density at radius 1 is 1.18 bits per heavy atom. The summed E-state index contributed by atoms with van der Waals surface area (Å²) in [6, 6.07) is 8.47. The van der Waals surface area contributed by atoms with E-state index in [9.17, 15) is 18.0 Å². The molecule has 1 amide bonds. The van der Waals surface area contributed by atoms with Crippen LogP contribution in [0.3, 0.4) is 0 Å². The molecule has 34 heavy (non-hydrogen) atoms. The molecule has 11 heteroatoms. The van der Waals surface area contributed by atoms with Crippen molar-refractivity contribution in [2.24, 2.45) is 0 Å². The van der Waals surface area contributed by atoms with E-state index in [1.165, 1.54) is 6.20 Å². The van der Waals surface area contributed by atoms with Crippen molar-refractivity contribution in [2.75, 3.05) is 14.1 Å². The van der Waals surface area contributed by atoms with Gasteiger partial charge in [0.1, 0.15) is 23.4 Å². The molecule has 4 aromatic rings. The molecule has 0 fully saturated rings. The number of amides is 1. The molecule has 0 aliphatic rings. The molecule has 0 saturated carbocycles. The van der Waals surface area contributed by atoms with E-state index in [-0.39, 0.29) is 28.9 Å². The summed E-state index contributed by atoms with van der Waals surface area (Å²) in [5.41, 5.74) is 2.81. The number of benzene rings is 1. The Balaban J connectivity index is 1.77. The predicted octanol–water partition coefficient (Wildman–Crippen LogP) is 4.50. The molecule has 7 nitrogen and oxygen atoms in total. The highest BCUT2D eigenvalue weighted by Gasteiger charge is 2.31. The van der Waals surface area contributed by atoms with E-state index in [1.807, 2.05) is 25.1 Å². The van der Waals surface area contributed by atoms with Gasteiger partial charge in [0, 0.05) is 29.4 Å². The van der Waals surface area contributed by atoms with E-state index < -0.39 is 12.7 Å². The zero-order chi connectivity index (χ0) is 24.6. The van der Waals surface area contributed by atoms with Crippen LogP contribution in [0.4, 0.5) is 13.2 Å².